The summed E-state index contributed by atoms with van der Waals surface area (Å²) in [5, 5.41) is 28.2. The molecule has 0 saturated heterocycles. The van der Waals surface area contributed by atoms with Crippen molar-refractivity contribution in [3.05, 3.63) is 71.8 Å². The van der Waals surface area contributed by atoms with Gasteiger partial charge in [0.05, 0.1) is 11.1 Å². The fourth-order valence-corrected chi connectivity index (χ4v) is 4.74. The second kappa shape index (κ2) is 4.87. The number of carbonyl (C=O) groups is 2. The van der Waals surface area contributed by atoms with Gasteiger partial charge in [0, 0.05) is 10.8 Å². The Kier molecular flexibility index (Phi) is 2.64. The van der Waals surface area contributed by atoms with Gasteiger partial charge in [-0.3, -0.25) is 0 Å². The van der Waals surface area contributed by atoms with Gasteiger partial charge in [0.2, 0.25) is 0 Å². The molecule has 28 heavy (non-hydrogen) atoms. The van der Waals surface area contributed by atoms with E-state index in [2.05, 4.69) is 0 Å². The Bertz CT molecular complexity index is 1480. The number of benzene rings is 6. The van der Waals surface area contributed by atoms with E-state index in [4.69, 9.17) is 0 Å². The first-order valence-electron chi connectivity index (χ1n) is 8.91. The summed E-state index contributed by atoms with van der Waals surface area (Å²) in [5.41, 5.74) is 0.253. The predicted octanol–water partition coefficient (Wildman–Crippen LogP) is 5.72. The van der Waals surface area contributed by atoms with Crippen molar-refractivity contribution in [1.82, 2.24) is 0 Å². The molecule has 0 aliphatic carbocycles. The molecule has 0 aromatic heterocycles. The van der Waals surface area contributed by atoms with Crippen LogP contribution in [0, 0.1) is 0 Å². The van der Waals surface area contributed by atoms with E-state index < -0.39 is 11.9 Å². The van der Waals surface area contributed by atoms with E-state index >= 15 is 0 Å². The summed E-state index contributed by atoms with van der Waals surface area (Å²) in [7, 11) is 0. The summed E-state index contributed by atoms with van der Waals surface area (Å²) >= 11 is 0. The van der Waals surface area contributed by atoms with Gasteiger partial charge >= 0.3 is 11.9 Å². The summed E-state index contributed by atoms with van der Waals surface area (Å²) in [6.07, 6.45) is 0. The van der Waals surface area contributed by atoms with Crippen molar-refractivity contribution in [2.24, 2.45) is 0 Å². The minimum absolute atomic E-state index is 0.126. The molecule has 0 unspecified atom stereocenters. The molecular weight excluding hydrogens is 352 g/mol. The summed E-state index contributed by atoms with van der Waals surface area (Å²) in [6, 6.07) is 18.8. The van der Waals surface area contributed by atoms with Gasteiger partial charge in [0.1, 0.15) is 0 Å². The van der Waals surface area contributed by atoms with Crippen LogP contribution in [0.2, 0.25) is 0 Å². The molecule has 6 aromatic carbocycles. The SMILES string of the molecule is O=C(O)c1ccc2ccc3ccc4ccc5ccc(C(=O)O)c6c1c2c3c4c56. The Morgan fingerprint density at radius 3 is 0.964 bits per heavy atom. The van der Waals surface area contributed by atoms with Crippen molar-refractivity contribution in [3.63, 3.8) is 0 Å². The summed E-state index contributed by atoms with van der Waals surface area (Å²) < 4.78 is 0. The average Bonchev–Trinajstić information content (AvgIpc) is 2.70. The lowest BCUT2D eigenvalue weighted by Crippen LogP contribution is -2.04. The van der Waals surface area contributed by atoms with Crippen molar-refractivity contribution < 1.29 is 19.8 Å². The van der Waals surface area contributed by atoms with Crippen LogP contribution in [0.4, 0.5) is 0 Å². The summed E-state index contributed by atoms with van der Waals surface area (Å²) in [5.74, 6) is -2.12. The molecule has 0 bridgehead atoms. The molecule has 0 fully saturated rings. The van der Waals surface area contributed by atoms with Crippen LogP contribution in [0.5, 0.6) is 0 Å². The van der Waals surface area contributed by atoms with Crippen LogP contribution in [-0.4, -0.2) is 22.2 Å². The first-order valence-corrected chi connectivity index (χ1v) is 8.91. The zero-order valence-electron chi connectivity index (χ0n) is 14.5. The van der Waals surface area contributed by atoms with Crippen molar-refractivity contribution in [2.75, 3.05) is 0 Å². The second-order valence-corrected chi connectivity index (χ2v) is 7.18. The van der Waals surface area contributed by atoms with Gasteiger partial charge in [-0.15, -0.1) is 0 Å². The van der Waals surface area contributed by atoms with Crippen LogP contribution < -0.4 is 0 Å². The lowest BCUT2D eigenvalue weighted by atomic mass is 9.83. The van der Waals surface area contributed by atoms with E-state index in [1.807, 2.05) is 36.4 Å². The normalized spacial score (nSPS) is 12.1. The molecule has 2 N–H and O–H groups in total. The molecule has 6 rings (SSSR count). The van der Waals surface area contributed by atoms with Crippen LogP contribution in [-0.2, 0) is 0 Å². The van der Waals surface area contributed by atoms with Crippen LogP contribution in [0.1, 0.15) is 20.7 Å². The topological polar surface area (TPSA) is 74.6 Å². The lowest BCUT2D eigenvalue weighted by Gasteiger charge is -2.20. The molecule has 0 amide bonds. The maximum atomic E-state index is 12.1. The van der Waals surface area contributed by atoms with Crippen LogP contribution in [0.3, 0.4) is 0 Å². The highest BCUT2D eigenvalue weighted by Crippen LogP contribution is 2.46. The molecule has 6 aromatic rings. The summed E-state index contributed by atoms with van der Waals surface area (Å²) in [4.78, 5) is 24.2. The first-order chi connectivity index (χ1) is 13.6. The number of aromatic carboxylic acids is 2. The fourth-order valence-electron chi connectivity index (χ4n) is 4.74. The fraction of sp³-hybridized carbons (Fsp3) is 0. The zero-order chi connectivity index (χ0) is 19.2. The van der Waals surface area contributed by atoms with Gasteiger partial charge in [-0.25, -0.2) is 9.59 Å². The second-order valence-electron chi connectivity index (χ2n) is 7.18. The maximum Gasteiger partial charge on any atom is 0.336 e. The molecule has 132 valence electrons. The number of hydrogen-bond donors (Lipinski definition) is 2. The smallest absolute Gasteiger partial charge is 0.336 e. The third-order valence-corrected chi connectivity index (χ3v) is 5.84. The van der Waals surface area contributed by atoms with Crippen LogP contribution >= 0.6 is 0 Å². The van der Waals surface area contributed by atoms with Crippen molar-refractivity contribution >= 4 is 65.8 Å². The van der Waals surface area contributed by atoms with E-state index in [1.165, 1.54) is 0 Å². The molecule has 4 nitrogen and oxygen atoms in total. The van der Waals surface area contributed by atoms with Crippen LogP contribution in [0.25, 0.3) is 53.9 Å². The molecule has 0 aliphatic heterocycles. The Morgan fingerprint density at radius 2 is 0.679 bits per heavy atom. The maximum absolute atomic E-state index is 12.1. The van der Waals surface area contributed by atoms with E-state index in [9.17, 15) is 19.8 Å². The summed E-state index contributed by atoms with van der Waals surface area (Å²) in [6.45, 7) is 0. The zero-order valence-corrected chi connectivity index (χ0v) is 14.5. The van der Waals surface area contributed by atoms with Gasteiger partial charge in [-0.2, -0.15) is 0 Å². The van der Waals surface area contributed by atoms with Gasteiger partial charge in [-0.05, 0) is 55.2 Å². The third-order valence-electron chi connectivity index (χ3n) is 5.84. The molecule has 0 atom stereocenters. The molecule has 0 radical (unpaired) electrons. The number of hydrogen-bond acceptors (Lipinski definition) is 2. The van der Waals surface area contributed by atoms with Crippen molar-refractivity contribution in [2.45, 2.75) is 0 Å². The van der Waals surface area contributed by atoms with Crippen molar-refractivity contribution in [3.8, 4) is 0 Å². The Hall–Kier alpha value is -3.92. The third kappa shape index (κ3) is 1.65. The van der Waals surface area contributed by atoms with Crippen LogP contribution in [0.15, 0.2) is 60.7 Å². The largest absolute Gasteiger partial charge is 0.478 e. The molecule has 0 heterocycles. The van der Waals surface area contributed by atoms with E-state index in [-0.39, 0.29) is 11.1 Å². The highest BCUT2D eigenvalue weighted by molar-refractivity contribution is 6.42. The Morgan fingerprint density at radius 1 is 0.429 bits per heavy atom. The highest BCUT2D eigenvalue weighted by Gasteiger charge is 2.24. The standard InChI is InChI=1S/C24H12O4/c25-23(26)15-9-7-13-5-3-11-1-2-12-4-6-14-8-10-16(24(27)28)22-20(14)18(12)17(11)19(13)21(15)22/h1-10H,(H,25,26)(H,27,28). The lowest BCUT2D eigenvalue weighted by molar-refractivity contribution is 0.0687. The number of carboxylic acid groups (broad SMARTS) is 2. The molecule has 4 heteroatoms. The van der Waals surface area contributed by atoms with E-state index in [0.29, 0.717) is 10.8 Å². The average molecular weight is 364 g/mol. The molecule has 0 aliphatic rings. The Labute approximate surface area is 157 Å². The van der Waals surface area contributed by atoms with Crippen molar-refractivity contribution in [1.29, 1.82) is 0 Å². The van der Waals surface area contributed by atoms with Gasteiger partial charge in [0.25, 0.3) is 0 Å². The number of rotatable bonds is 2. The molecular formula is C24H12O4. The molecule has 0 spiro atoms. The number of fused-ring (bicyclic) bond motifs is 1. The quantitative estimate of drug-likeness (QED) is 0.304. The monoisotopic (exact) mass is 364 g/mol. The molecule has 0 saturated carbocycles. The minimum atomic E-state index is -1.06. The predicted molar refractivity (Wildman–Crippen MR) is 110 cm³/mol. The van der Waals surface area contributed by atoms with Gasteiger partial charge in [-0.1, -0.05) is 48.5 Å². The highest BCUT2D eigenvalue weighted by atomic mass is 16.4. The Balaban J connectivity index is 2.15. The van der Waals surface area contributed by atoms with E-state index in [0.717, 1.165) is 43.1 Å². The first kappa shape index (κ1) is 15.2. The van der Waals surface area contributed by atoms with Gasteiger partial charge in [0.15, 0.2) is 0 Å². The number of carboxylic acids is 2. The minimum Gasteiger partial charge on any atom is -0.478 e. The van der Waals surface area contributed by atoms with E-state index in [1.54, 1.807) is 24.3 Å². The van der Waals surface area contributed by atoms with Gasteiger partial charge < -0.3 is 10.2 Å².